The van der Waals surface area contributed by atoms with E-state index in [1.54, 1.807) is 0 Å². The van der Waals surface area contributed by atoms with E-state index in [1.165, 1.54) is 0 Å². The van der Waals surface area contributed by atoms with Crippen LogP contribution in [-0.4, -0.2) is 18.6 Å². The lowest BCUT2D eigenvalue weighted by Gasteiger charge is -1.94. The average Bonchev–Trinajstić information content (AvgIpc) is 2.50. The average molecular weight is 221 g/mol. The van der Waals surface area contributed by atoms with Gasteiger partial charge in [-0.2, -0.15) is 5.10 Å². The quantitative estimate of drug-likeness (QED) is 0.756. The Bertz CT molecular complexity index is 424. The molecule has 0 spiro atoms. The molecule has 0 amide bonds. The lowest BCUT2D eigenvalue weighted by molar-refractivity contribution is 0.608. The molecule has 0 atom stereocenters. The largest absolute Gasteiger partial charge is 0.282 e. The van der Waals surface area contributed by atoms with Crippen LogP contribution in [-0.2, 0) is 27.6 Å². The highest BCUT2D eigenvalue weighted by atomic mass is 35.7. The van der Waals surface area contributed by atoms with Crippen LogP contribution < -0.4 is 0 Å². The molecule has 0 fully saturated rings. The molecule has 1 heterocycles. The van der Waals surface area contributed by atoms with Gasteiger partial charge in [-0.1, -0.05) is 0 Å². The number of H-pyrrole nitrogens is 1. The van der Waals surface area contributed by atoms with Crippen molar-refractivity contribution in [2.45, 2.75) is 25.0 Å². The van der Waals surface area contributed by atoms with E-state index in [0.717, 1.165) is 30.5 Å². The zero-order valence-electron chi connectivity index (χ0n) is 6.88. The zero-order chi connectivity index (χ0) is 9.47. The minimum absolute atomic E-state index is 0.166. The van der Waals surface area contributed by atoms with E-state index in [9.17, 15) is 8.42 Å². The maximum atomic E-state index is 10.8. The van der Waals surface area contributed by atoms with Crippen molar-refractivity contribution in [3.63, 3.8) is 0 Å². The van der Waals surface area contributed by atoms with Gasteiger partial charge in [-0.05, 0) is 24.8 Å². The SMILES string of the molecule is O=S(=O)(Cl)Cc1n[nH]c2c1CCC2. The molecule has 4 nitrogen and oxygen atoms in total. The number of fused-ring (bicyclic) bond motifs is 1. The predicted octanol–water partition coefficient (Wildman–Crippen LogP) is 0.967. The van der Waals surface area contributed by atoms with Gasteiger partial charge in [0.25, 0.3) is 0 Å². The highest BCUT2D eigenvalue weighted by molar-refractivity contribution is 8.13. The van der Waals surface area contributed by atoms with Crippen molar-refractivity contribution in [3.8, 4) is 0 Å². The van der Waals surface area contributed by atoms with E-state index >= 15 is 0 Å². The van der Waals surface area contributed by atoms with Crippen LogP contribution in [0.2, 0.25) is 0 Å². The molecule has 0 saturated heterocycles. The second-order valence-electron chi connectivity index (χ2n) is 3.16. The maximum absolute atomic E-state index is 10.8. The van der Waals surface area contributed by atoms with Crippen LogP contribution in [0.4, 0.5) is 0 Å². The molecule has 0 unspecified atom stereocenters. The van der Waals surface area contributed by atoms with Crippen LogP contribution in [0.25, 0.3) is 0 Å². The second-order valence-corrected chi connectivity index (χ2v) is 5.94. The van der Waals surface area contributed by atoms with Gasteiger partial charge in [0.15, 0.2) is 0 Å². The molecule has 1 aromatic rings. The van der Waals surface area contributed by atoms with Crippen molar-refractivity contribution in [2.24, 2.45) is 0 Å². The molecule has 1 N–H and O–H groups in total. The van der Waals surface area contributed by atoms with Gasteiger partial charge in [-0.3, -0.25) is 5.10 Å². The minimum Gasteiger partial charge on any atom is -0.282 e. The number of nitrogens with zero attached hydrogens (tertiary/aromatic N) is 1. The van der Waals surface area contributed by atoms with Crippen molar-refractivity contribution in [2.75, 3.05) is 0 Å². The maximum Gasteiger partial charge on any atom is 0.238 e. The summed E-state index contributed by atoms with van der Waals surface area (Å²) < 4.78 is 21.6. The van der Waals surface area contributed by atoms with Crippen LogP contribution >= 0.6 is 10.7 Å². The van der Waals surface area contributed by atoms with E-state index in [4.69, 9.17) is 10.7 Å². The van der Waals surface area contributed by atoms with Crippen LogP contribution in [0.5, 0.6) is 0 Å². The molecule has 13 heavy (non-hydrogen) atoms. The third kappa shape index (κ3) is 1.86. The summed E-state index contributed by atoms with van der Waals surface area (Å²) in [6.45, 7) is 0. The molecule has 0 aliphatic heterocycles. The summed E-state index contributed by atoms with van der Waals surface area (Å²) in [6.07, 6.45) is 2.94. The number of aromatic amines is 1. The topological polar surface area (TPSA) is 62.8 Å². The number of rotatable bonds is 2. The minimum atomic E-state index is -3.48. The van der Waals surface area contributed by atoms with Gasteiger partial charge in [0, 0.05) is 16.4 Å². The Kier molecular flexibility index (Phi) is 2.08. The number of halogens is 1. The van der Waals surface area contributed by atoms with Crippen molar-refractivity contribution in [3.05, 3.63) is 17.0 Å². The number of aromatic nitrogens is 2. The molecule has 6 heteroatoms. The summed E-state index contributed by atoms with van der Waals surface area (Å²) in [5, 5.41) is 6.77. The lowest BCUT2D eigenvalue weighted by Crippen LogP contribution is -1.98. The number of hydrogen-bond donors (Lipinski definition) is 1. The zero-order valence-corrected chi connectivity index (χ0v) is 8.45. The van der Waals surface area contributed by atoms with Crippen molar-refractivity contribution in [1.29, 1.82) is 0 Å². The summed E-state index contributed by atoms with van der Waals surface area (Å²) in [5.74, 6) is -0.166. The molecule has 1 aliphatic carbocycles. The first kappa shape index (κ1) is 9.02. The first-order valence-corrected chi connectivity index (χ1v) is 6.51. The Balaban J connectivity index is 2.32. The van der Waals surface area contributed by atoms with Crippen LogP contribution in [0.1, 0.15) is 23.4 Å². The third-order valence-electron chi connectivity index (χ3n) is 2.20. The predicted molar refractivity (Wildman–Crippen MR) is 49.1 cm³/mol. The fraction of sp³-hybridized carbons (Fsp3) is 0.571. The Morgan fingerprint density at radius 3 is 2.92 bits per heavy atom. The van der Waals surface area contributed by atoms with Crippen LogP contribution in [0, 0.1) is 0 Å². The summed E-state index contributed by atoms with van der Waals surface area (Å²) in [5.41, 5.74) is 2.70. The molecule has 0 radical (unpaired) electrons. The van der Waals surface area contributed by atoms with Crippen molar-refractivity contribution < 1.29 is 8.42 Å². The highest BCUT2D eigenvalue weighted by Gasteiger charge is 2.21. The standard InChI is InChI=1S/C7H9ClN2O2S/c8-13(11,12)4-7-5-2-1-3-6(5)9-10-7/h1-4H2,(H,9,10). The molecule has 1 aromatic heterocycles. The Morgan fingerprint density at radius 2 is 2.23 bits per heavy atom. The Morgan fingerprint density at radius 1 is 1.46 bits per heavy atom. The van der Waals surface area contributed by atoms with Gasteiger partial charge in [0.1, 0.15) is 5.75 Å². The molecule has 72 valence electrons. The monoisotopic (exact) mass is 220 g/mol. The summed E-state index contributed by atoms with van der Waals surface area (Å²) in [4.78, 5) is 0. The van der Waals surface area contributed by atoms with E-state index < -0.39 is 9.05 Å². The van der Waals surface area contributed by atoms with Gasteiger partial charge in [0.2, 0.25) is 9.05 Å². The van der Waals surface area contributed by atoms with Gasteiger partial charge in [-0.15, -0.1) is 0 Å². The van der Waals surface area contributed by atoms with Crippen molar-refractivity contribution in [1.82, 2.24) is 10.2 Å². The van der Waals surface area contributed by atoms with Crippen molar-refractivity contribution >= 4 is 19.7 Å². The molecule has 0 bridgehead atoms. The van der Waals surface area contributed by atoms with E-state index in [1.807, 2.05) is 0 Å². The first-order valence-electron chi connectivity index (χ1n) is 4.03. The number of hydrogen-bond acceptors (Lipinski definition) is 3. The normalized spacial score (nSPS) is 16.1. The third-order valence-corrected chi connectivity index (χ3v) is 3.15. The van der Waals surface area contributed by atoms with Gasteiger partial charge in [0.05, 0.1) is 5.69 Å². The molecular weight excluding hydrogens is 212 g/mol. The Hall–Kier alpha value is -0.550. The summed E-state index contributed by atoms with van der Waals surface area (Å²) in [7, 11) is 1.67. The second kappa shape index (κ2) is 2.99. The molecule has 1 aliphatic rings. The smallest absolute Gasteiger partial charge is 0.238 e. The highest BCUT2D eigenvalue weighted by Crippen LogP contribution is 2.24. The summed E-state index contributed by atoms with van der Waals surface area (Å²) >= 11 is 0. The lowest BCUT2D eigenvalue weighted by atomic mass is 10.2. The molecular formula is C7H9ClN2O2S. The summed E-state index contributed by atoms with van der Waals surface area (Å²) in [6, 6.07) is 0. The molecule has 0 aromatic carbocycles. The number of nitrogens with one attached hydrogen (secondary N) is 1. The van der Waals surface area contributed by atoms with E-state index in [-0.39, 0.29) is 5.75 Å². The van der Waals surface area contributed by atoms with Gasteiger partial charge in [-0.25, -0.2) is 8.42 Å². The Labute approximate surface area is 80.7 Å². The van der Waals surface area contributed by atoms with Gasteiger partial charge >= 0.3 is 0 Å². The van der Waals surface area contributed by atoms with E-state index in [0.29, 0.717) is 5.69 Å². The van der Waals surface area contributed by atoms with E-state index in [2.05, 4.69) is 10.2 Å². The molecule has 2 rings (SSSR count). The van der Waals surface area contributed by atoms with Crippen LogP contribution in [0.3, 0.4) is 0 Å². The molecule has 0 saturated carbocycles. The first-order chi connectivity index (χ1) is 6.06. The fourth-order valence-corrected chi connectivity index (χ4v) is 2.55. The number of aryl methyl sites for hydroxylation is 1. The van der Waals surface area contributed by atoms with Gasteiger partial charge < -0.3 is 0 Å². The van der Waals surface area contributed by atoms with Crippen LogP contribution in [0.15, 0.2) is 0 Å². The fourth-order valence-electron chi connectivity index (χ4n) is 1.67.